The molecule has 2 heteroatoms. The molecule has 0 aliphatic carbocycles. The first-order valence-electron chi connectivity index (χ1n) is 6.85. The van der Waals surface area contributed by atoms with Gasteiger partial charge in [0.15, 0.2) is 0 Å². The Hall–Kier alpha value is -1.86. The molecule has 3 aromatic rings. The summed E-state index contributed by atoms with van der Waals surface area (Å²) in [6.07, 6.45) is 0.956. The number of aryl methyl sites for hydroxylation is 1. The predicted molar refractivity (Wildman–Crippen MR) is 86.3 cm³/mol. The van der Waals surface area contributed by atoms with Crippen LogP contribution in [0, 0.1) is 6.92 Å². The molecule has 0 N–H and O–H groups in total. The Morgan fingerprint density at radius 3 is 2.45 bits per heavy atom. The van der Waals surface area contributed by atoms with E-state index in [1.54, 1.807) is 0 Å². The molecule has 0 radical (unpaired) electrons. The molecule has 0 amide bonds. The van der Waals surface area contributed by atoms with Crippen molar-refractivity contribution in [3.05, 3.63) is 64.7 Å². The summed E-state index contributed by atoms with van der Waals surface area (Å²) in [4.78, 5) is 4.89. The van der Waals surface area contributed by atoms with Crippen LogP contribution in [0.1, 0.15) is 18.1 Å². The largest absolute Gasteiger partial charge is 0.247 e. The highest BCUT2D eigenvalue weighted by molar-refractivity contribution is 6.36. The SMILES string of the molecule is CCc1cccc2c(Cl)c(C)c(-c3ccccc3)nc12. The van der Waals surface area contributed by atoms with Crippen molar-refractivity contribution in [2.24, 2.45) is 0 Å². The van der Waals surface area contributed by atoms with Crippen molar-refractivity contribution in [1.82, 2.24) is 4.98 Å². The topological polar surface area (TPSA) is 12.9 Å². The number of pyridine rings is 1. The standard InChI is InChI=1S/C18H16ClN/c1-3-13-10-7-11-15-16(19)12(2)17(20-18(13)15)14-8-5-4-6-9-14/h4-11H,3H2,1-2H3. The molecule has 0 fully saturated rings. The van der Waals surface area contributed by atoms with Crippen molar-refractivity contribution in [3.63, 3.8) is 0 Å². The lowest BCUT2D eigenvalue weighted by molar-refractivity contribution is 1.14. The van der Waals surface area contributed by atoms with Crippen LogP contribution in [-0.4, -0.2) is 4.98 Å². The van der Waals surface area contributed by atoms with Gasteiger partial charge in [0.05, 0.1) is 16.2 Å². The van der Waals surface area contributed by atoms with Crippen molar-refractivity contribution in [1.29, 1.82) is 0 Å². The average Bonchev–Trinajstić information content (AvgIpc) is 2.51. The van der Waals surface area contributed by atoms with Gasteiger partial charge in [-0.05, 0) is 24.5 Å². The van der Waals surface area contributed by atoms with E-state index in [2.05, 4.69) is 31.2 Å². The van der Waals surface area contributed by atoms with Crippen LogP contribution in [0.4, 0.5) is 0 Å². The van der Waals surface area contributed by atoms with Crippen LogP contribution in [0.5, 0.6) is 0 Å². The van der Waals surface area contributed by atoms with E-state index in [0.717, 1.165) is 39.2 Å². The molecule has 100 valence electrons. The highest BCUT2D eigenvalue weighted by Crippen LogP contribution is 2.34. The van der Waals surface area contributed by atoms with E-state index in [1.807, 2.05) is 31.2 Å². The number of nitrogens with zero attached hydrogens (tertiary/aromatic N) is 1. The molecule has 1 heterocycles. The summed E-state index contributed by atoms with van der Waals surface area (Å²) < 4.78 is 0. The lowest BCUT2D eigenvalue weighted by Gasteiger charge is -2.12. The van der Waals surface area contributed by atoms with Gasteiger partial charge in [-0.3, -0.25) is 0 Å². The predicted octanol–water partition coefficient (Wildman–Crippen LogP) is 5.43. The molecule has 0 aliphatic rings. The summed E-state index contributed by atoms with van der Waals surface area (Å²) >= 11 is 6.57. The quantitative estimate of drug-likeness (QED) is 0.611. The fourth-order valence-electron chi connectivity index (χ4n) is 2.56. The average molecular weight is 282 g/mol. The zero-order valence-corrected chi connectivity index (χ0v) is 12.4. The highest BCUT2D eigenvalue weighted by Gasteiger charge is 2.13. The van der Waals surface area contributed by atoms with Gasteiger partial charge >= 0.3 is 0 Å². The van der Waals surface area contributed by atoms with Crippen LogP contribution in [0.3, 0.4) is 0 Å². The maximum atomic E-state index is 6.57. The van der Waals surface area contributed by atoms with Gasteiger partial charge in [0, 0.05) is 10.9 Å². The van der Waals surface area contributed by atoms with Gasteiger partial charge in [-0.2, -0.15) is 0 Å². The summed E-state index contributed by atoms with van der Waals surface area (Å²) in [6, 6.07) is 16.4. The molecule has 0 aliphatic heterocycles. The number of aromatic nitrogens is 1. The lowest BCUT2D eigenvalue weighted by atomic mass is 10.0. The van der Waals surface area contributed by atoms with E-state index >= 15 is 0 Å². The maximum absolute atomic E-state index is 6.57. The van der Waals surface area contributed by atoms with Crippen molar-refractivity contribution >= 4 is 22.5 Å². The van der Waals surface area contributed by atoms with E-state index in [4.69, 9.17) is 16.6 Å². The van der Waals surface area contributed by atoms with Gasteiger partial charge in [0.2, 0.25) is 0 Å². The summed E-state index contributed by atoms with van der Waals surface area (Å²) in [5.41, 5.74) is 5.38. The van der Waals surface area contributed by atoms with Gasteiger partial charge in [-0.1, -0.05) is 67.1 Å². The van der Waals surface area contributed by atoms with E-state index in [1.165, 1.54) is 5.56 Å². The van der Waals surface area contributed by atoms with Crippen molar-refractivity contribution in [3.8, 4) is 11.3 Å². The second-order valence-corrected chi connectivity index (χ2v) is 5.31. The molecule has 1 aromatic heterocycles. The number of hydrogen-bond donors (Lipinski definition) is 0. The summed E-state index contributed by atoms with van der Waals surface area (Å²) in [5.74, 6) is 0. The number of halogens is 1. The normalized spacial score (nSPS) is 10.9. The molecule has 3 rings (SSSR count). The number of hydrogen-bond acceptors (Lipinski definition) is 1. The van der Waals surface area contributed by atoms with Crippen molar-refractivity contribution < 1.29 is 0 Å². The number of rotatable bonds is 2. The van der Waals surface area contributed by atoms with Crippen LogP contribution < -0.4 is 0 Å². The van der Waals surface area contributed by atoms with Crippen LogP contribution in [0.15, 0.2) is 48.5 Å². The van der Waals surface area contributed by atoms with Crippen molar-refractivity contribution in [2.45, 2.75) is 20.3 Å². The van der Waals surface area contributed by atoms with Gasteiger partial charge in [-0.15, -0.1) is 0 Å². The molecular formula is C18H16ClN. The molecular weight excluding hydrogens is 266 g/mol. The Balaban J connectivity index is 2.37. The monoisotopic (exact) mass is 281 g/mol. The molecule has 0 spiro atoms. The second kappa shape index (κ2) is 5.26. The second-order valence-electron chi connectivity index (χ2n) is 4.93. The number of benzene rings is 2. The Morgan fingerprint density at radius 1 is 1.00 bits per heavy atom. The minimum Gasteiger partial charge on any atom is -0.247 e. The van der Waals surface area contributed by atoms with Crippen LogP contribution in [0.25, 0.3) is 22.2 Å². The Bertz CT molecular complexity index is 763. The van der Waals surface area contributed by atoms with Gasteiger partial charge < -0.3 is 0 Å². The van der Waals surface area contributed by atoms with Crippen LogP contribution in [-0.2, 0) is 6.42 Å². The van der Waals surface area contributed by atoms with E-state index < -0.39 is 0 Å². The van der Waals surface area contributed by atoms with Crippen LogP contribution >= 0.6 is 11.6 Å². The van der Waals surface area contributed by atoms with E-state index in [-0.39, 0.29) is 0 Å². The third kappa shape index (κ3) is 2.08. The zero-order chi connectivity index (χ0) is 14.1. The molecule has 0 saturated carbocycles. The molecule has 1 nitrogen and oxygen atoms in total. The summed E-state index contributed by atoms with van der Waals surface area (Å²) in [5, 5.41) is 1.85. The maximum Gasteiger partial charge on any atom is 0.0756 e. The van der Waals surface area contributed by atoms with Gasteiger partial charge in [0.25, 0.3) is 0 Å². The minimum atomic E-state index is 0.809. The number of fused-ring (bicyclic) bond motifs is 1. The van der Waals surface area contributed by atoms with Crippen LogP contribution in [0.2, 0.25) is 5.02 Å². The zero-order valence-electron chi connectivity index (χ0n) is 11.7. The molecule has 0 unspecified atom stereocenters. The van der Waals surface area contributed by atoms with E-state index in [9.17, 15) is 0 Å². The third-order valence-corrected chi connectivity index (χ3v) is 4.18. The molecule has 2 aromatic carbocycles. The highest BCUT2D eigenvalue weighted by atomic mass is 35.5. The molecule has 20 heavy (non-hydrogen) atoms. The first-order chi connectivity index (χ1) is 9.72. The minimum absolute atomic E-state index is 0.809. The van der Waals surface area contributed by atoms with Gasteiger partial charge in [-0.25, -0.2) is 4.98 Å². The summed E-state index contributed by atoms with van der Waals surface area (Å²) in [6.45, 7) is 4.18. The fraction of sp³-hybridized carbons (Fsp3) is 0.167. The van der Waals surface area contributed by atoms with E-state index in [0.29, 0.717) is 0 Å². The Labute approximate surface area is 124 Å². The lowest BCUT2D eigenvalue weighted by Crippen LogP contribution is -1.95. The smallest absolute Gasteiger partial charge is 0.0756 e. The molecule has 0 bridgehead atoms. The molecule has 0 atom stereocenters. The first kappa shape index (κ1) is 13.1. The summed E-state index contributed by atoms with van der Waals surface area (Å²) in [7, 11) is 0. The van der Waals surface area contributed by atoms with Gasteiger partial charge in [0.1, 0.15) is 0 Å². The first-order valence-corrected chi connectivity index (χ1v) is 7.23. The third-order valence-electron chi connectivity index (χ3n) is 3.69. The fourth-order valence-corrected chi connectivity index (χ4v) is 2.81. The van der Waals surface area contributed by atoms with Crippen molar-refractivity contribution in [2.75, 3.05) is 0 Å². The molecule has 0 saturated heterocycles. The Kier molecular flexibility index (Phi) is 3.45. The number of para-hydroxylation sites is 1. The Morgan fingerprint density at radius 2 is 1.75 bits per heavy atom.